The van der Waals surface area contributed by atoms with Crippen molar-refractivity contribution < 1.29 is 23.2 Å². The molecule has 2 aliphatic rings. The molecule has 0 saturated carbocycles. The molecule has 0 bridgehead atoms. The van der Waals surface area contributed by atoms with Crippen LogP contribution in [0, 0.1) is 11.6 Å². The zero-order valence-electron chi connectivity index (χ0n) is 17.0. The van der Waals surface area contributed by atoms with E-state index in [-0.39, 0.29) is 23.7 Å². The zero-order valence-corrected chi connectivity index (χ0v) is 17.7. The van der Waals surface area contributed by atoms with Gasteiger partial charge in [-0.1, -0.05) is 48.0 Å². The van der Waals surface area contributed by atoms with Crippen molar-refractivity contribution in [2.45, 2.75) is 12.1 Å². The maximum Gasteiger partial charge on any atom is 0.322 e. The largest absolute Gasteiger partial charge is 0.331 e. The van der Waals surface area contributed by atoms with E-state index >= 15 is 0 Å². The lowest BCUT2D eigenvalue weighted by Gasteiger charge is -2.31. The summed E-state index contributed by atoms with van der Waals surface area (Å²) < 4.78 is 27.1. The molecular weight excluding hydrogens is 452 g/mol. The summed E-state index contributed by atoms with van der Waals surface area (Å²) in [5.74, 6) is -2.07. The molecule has 1 fully saturated rings. The third-order valence-corrected chi connectivity index (χ3v) is 6.24. The van der Waals surface area contributed by atoms with Gasteiger partial charge >= 0.3 is 6.03 Å². The minimum absolute atomic E-state index is 0.0148. The molecule has 0 spiro atoms. The number of carbonyl (C=O) groups is 3. The van der Waals surface area contributed by atoms with Crippen LogP contribution in [0.15, 0.2) is 60.7 Å². The van der Waals surface area contributed by atoms with Gasteiger partial charge in [0.05, 0.1) is 11.6 Å². The Balaban J connectivity index is 1.49. The number of fused-ring (bicyclic) bond motifs is 1. The summed E-state index contributed by atoms with van der Waals surface area (Å²) in [5.41, 5.74) is 1.21. The van der Waals surface area contributed by atoms with E-state index in [0.29, 0.717) is 16.7 Å². The Bertz CT molecular complexity index is 1330. The fourth-order valence-corrected chi connectivity index (χ4v) is 4.45. The number of hydrogen-bond donors (Lipinski definition) is 2. The fraction of sp³-hybridized carbons (Fsp3) is 0.125. The van der Waals surface area contributed by atoms with Crippen LogP contribution in [0.2, 0.25) is 5.02 Å². The smallest absolute Gasteiger partial charge is 0.322 e. The Kier molecular flexibility index (Phi) is 4.90. The van der Waals surface area contributed by atoms with Gasteiger partial charge in [-0.3, -0.25) is 14.9 Å². The highest BCUT2D eigenvalue weighted by Gasteiger charge is 2.50. The highest BCUT2D eigenvalue weighted by atomic mass is 35.5. The molecule has 9 heteroatoms. The van der Waals surface area contributed by atoms with E-state index in [9.17, 15) is 23.2 Å². The molecule has 6 nitrogen and oxygen atoms in total. The molecule has 2 aliphatic heterocycles. The van der Waals surface area contributed by atoms with Crippen LogP contribution in [-0.4, -0.2) is 29.3 Å². The molecule has 3 aromatic rings. The highest BCUT2D eigenvalue weighted by molar-refractivity contribution is 6.31. The molecule has 0 radical (unpaired) electrons. The van der Waals surface area contributed by atoms with Crippen molar-refractivity contribution in [3.8, 4) is 11.1 Å². The van der Waals surface area contributed by atoms with Crippen LogP contribution in [0.1, 0.15) is 21.5 Å². The molecule has 166 valence electrons. The number of nitrogens with zero attached hydrogens (tertiary/aromatic N) is 1. The first-order chi connectivity index (χ1) is 15.8. The lowest BCUT2D eigenvalue weighted by molar-refractivity contribution is -0.124. The van der Waals surface area contributed by atoms with Gasteiger partial charge in [0.15, 0.2) is 5.54 Å². The number of nitrogens with one attached hydrogen (secondary N) is 2. The first kappa shape index (κ1) is 21.1. The summed E-state index contributed by atoms with van der Waals surface area (Å²) in [4.78, 5) is 39.3. The van der Waals surface area contributed by atoms with Gasteiger partial charge in [0, 0.05) is 12.1 Å². The van der Waals surface area contributed by atoms with Gasteiger partial charge in [0.1, 0.15) is 11.6 Å². The van der Waals surface area contributed by atoms with E-state index in [4.69, 9.17) is 11.6 Å². The van der Waals surface area contributed by atoms with E-state index in [2.05, 4.69) is 10.6 Å². The predicted octanol–water partition coefficient (Wildman–Crippen LogP) is 3.98. The van der Waals surface area contributed by atoms with Crippen LogP contribution in [0.25, 0.3) is 11.1 Å². The van der Waals surface area contributed by atoms with E-state index in [1.54, 1.807) is 30.3 Å². The first-order valence-electron chi connectivity index (χ1n) is 10.0. The van der Waals surface area contributed by atoms with Crippen LogP contribution < -0.4 is 10.6 Å². The zero-order chi connectivity index (χ0) is 23.3. The molecule has 0 aliphatic carbocycles. The van der Waals surface area contributed by atoms with E-state index in [1.807, 2.05) is 0 Å². The molecule has 4 amide bonds. The van der Waals surface area contributed by atoms with Gasteiger partial charge < -0.3 is 10.2 Å². The Morgan fingerprint density at radius 2 is 1.67 bits per heavy atom. The molecule has 2 N–H and O–H groups in total. The van der Waals surface area contributed by atoms with Crippen LogP contribution >= 0.6 is 11.6 Å². The third kappa shape index (κ3) is 3.52. The Morgan fingerprint density at radius 1 is 0.939 bits per heavy atom. The van der Waals surface area contributed by atoms with Crippen molar-refractivity contribution in [2.24, 2.45) is 0 Å². The lowest BCUT2D eigenvalue weighted by Crippen LogP contribution is -2.52. The van der Waals surface area contributed by atoms with E-state index < -0.39 is 35.0 Å². The number of amides is 4. The first-order valence-corrected chi connectivity index (χ1v) is 10.4. The normalized spacial score (nSPS) is 19.5. The molecule has 1 atom stereocenters. The SMILES string of the molecule is O=C1NC(=O)C(CN2Cc3ccc(F)cc3C2=O)(c2ccc(-c3ccc(F)c(Cl)c3)cc2)N1. The minimum Gasteiger partial charge on any atom is -0.331 e. The topological polar surface area (TPSA) is 78.5 Å². The number of benzene rings is 3. The van der Waals surface area contributed by atoms with E-state index in [1.165, 1.54) is 35.2 Å². The second-order valence-corrected chi connectivity index (χ2v) is 8.39. The van der Waals surface area contributed by atoms with Crippen molar-refractivity contribution in [3.05, 3.63) is 94.0 Å². The molecule has 33 heavy (non-hydrogen) atoms. The van der Waals surface area contributed by atoms with Crippen molar-refractivity contribution >= 4 is 29.4 Å². The molecule has 1 unspecified atom stereocenters. The summed E-state index contributed by atoms with van der Waals surface area (Å²) >= 11 is 5.88. The van der Waals surface area contributed by atoms with Crippen LogP contribution in [0.5, 0.6) is 0 Å². The monoisotopic (exact) mass is 467 g/mol. The number of rotatable bonds is 4. The number of halogens is 3. The molecule has 1 saturated heterocycles. The quantitative estimate of drug-likeness (QED) is 0.570. The average molecular weight is 468 g/mol. The summed E-state index contributed by atoms with van der Waals surface area (Å²) in [7, 11) is 0. The number of imide groups is 1. The fourth-order valence-electron chi connectivity index (χ4n) is 4.27. The van der Waals surface area contributed by atoms with Gasteiger partial charge in [0.25, 0.3) is 11.8 Å². The standard InChI is InChI=1S/C24H16ClF2N3O3/c25-19-9-14(4-8-20(19)27)13-1-5-16(6-2-13)24(22(32)28-23(33)29-24)12-30-11-15-3-7-17(26)10-18(15)21(30)31/h1-10H,11-12H2,(H2,28,29,32,33). The Morgan fingerprint density at radius 3 is 2.33 bits per heavy atom. The van der Waals surface area contributed by atoms with Crippen molar-refractivity contribution in [2.75, 3.05) is 6.54 Å². The van der Waals surface area contributed by atoms with Gasteiger partial charge in [-0.05, 0) is 46.5 Å². The van der Waals surface area contributed by atoms with E-state index in [0.717, 1.165) is 5.56 Å². The molecule has 3 aromatic carbocycles. The average Bonchev–Trinajstić information content (AvgIpc) is 3.25. The van der Waals surface area contributed by atoms with Gasteiger partial charge in [-0.2, -0.15) is 0 Å². The number of urea groups is 1. The molecule has 0 aromatic heterocycles. The predicted molar refractivity (Wildman–Crippen MR) is 116 cm³/mol. The van der Waals surface area contributed by atoms with Gasteiger partial charge in [0.2, 0.25) is 0 Å². The van der Waals surface area contributed by atoms with Gasteiger partial charge in [-0.15, -0.1) is 0 Å². The van der Waals surface area contributed by atoms with Crippen LogP contribution in [0.4, 0.5) is 13.6 Å². The summed E-state index contributed by atoms with van der Waals surface area (Å²) in [6.45, 7) is 0.0485. The van der Waals surface area contributed by atoms with Gasteiger partial charge in [-0.25, -0.2) is 13.6 Å². The van der Waals surface area contributed by atoms with Crippen LogP contribution in [0.3, 0.4) is 0 Å². The maximum atomic E-state index is 13.6. The lowest BCUT2D eigenvalue weighted by atomic mass is 9.88. The summed E-state index contributed by atoms with van der Waals surface area (Å²) in [6.07, 6.45) is 0. The van der Waals surface area contributed by atoms with Crippen molar-refractivity contribution in [1.29, 1.82) is 0 Å². The summed E-state index contributed by atoms with van der Waals surface area (Å²) in [5, 5.41) is 4.88. The Labute approximate surface area is 192 Å². The minimum atomic E-state index is -1.52. The molecule has 5 rings (SSSR count). The second-order valence-electron chi connectivity index (χ2n) is 7.98. The highest BCUT2D eigenvalue weighted by Crippen LogP contribution is 2.33. The number of hydrogen-bond acceptors (Lipinski definition) is 3. The van der Waals surface area contributed by atoms with Crippen molar-refractivity contribution in [1.82, 2.24) is 15.5 Å². The maximum absolute atomic E-state index is 13.6. The Hall–Kier alpha value is -3.78. The second kappa shape index (κ2) is 7.67. The third-order valence-electron chi connectivity index (χ3n) is 5.95. The number of carbonyl (C=O) groups excluding carboxylic acids is 3. The van der Waals surface area contributed by atoms with Crippen LogP contribution in [-0.2, 0) is 16.9 Å². The molecular formula is C24H16ClF2N3O3. The molecule has 2 heterocycles. The van der Waals surface area contributed by atoms with Crippen molar-refractivity contribution in [3.63, 3.8) is 0 Å². The summed E-state index contributed by atoms with van der Waals surface area (Å²) in [6, 6.07) is 14.4.